The molecule has 0 saturated heterocycles. The van der Waals surface area contributed by atoms with Gasteiger partial charge >= 0.3 is 12.2 Å². The number of carbonyl (C=O) groups is 2. The predicted octanol–water partition coefficient (Wildman–Crippen LogP) is 7.07. The SMILES string of the molecule is Cc1c(COc2ccc3c(c2)CN(C(=O)OC(C)C)[C@H](COC(=O)OC(C)C)C3)cccc1-c1ccccc1. The van der Waals surface area contributed by atoms with Gasteiger partial charge in [0.2, 0.25) is 0 Å². The maximum Gasteiger partial charge on any atom is 0.508 e. The number of hydrogen-bond donors (Lipinski definition) is 0. The third-order valence-electron chi connectivity index (χ3n) is 6.64. The summed E-state index contributed by atoms with van der Waals surface area (Å²) in [7, 11) is 0. The normalized spacial score (nSPS) is 14.6. The van der Waals surface area contributed by atoms with Gasteiger partial charge in [0, 0.05) is 6.54 Å². The van der Waals surface area contributed by atoms with Gasteiger partial charge in [-0.05, 0) is 86.6 Å². The Hall–Kier alpha value is -4.00. The van der Waals surface area contributed by atoms with Crippen LogP contribution in [-0.4, -0.2) is 42.0 Å². The summed E-state index contributed by atoms with van der Waals surface area (Å²) in [6, 6.07) is 22.2. The molecule has 7 nitrogen and oxygen atoms in total. The van der Waals surface area contributed by atoms with Gasteiger partial charge < -0.3 is 18.9 Å². The minimum absolute atomic E-state index is 0.0213. The second kappa shape index (κ2) is 12.7. The lowest BCUT2D eigenvalue weighted by atomic mass is 9.94. The molecule has 7 heteroatoms. The number of hydrogen-bond acceptors (Lipinski definition) is 6. The van der Waals surface area contributed by atoms with Gasteiger partial charge in [0.15, 0.2) is 0 Å². The van der Waals surface area contributed by atoms with E-state index in [9.17, 15) is 9.59 Å². The first-order valence-corrected chi connectivity index (χ1v) is 13.4. The van der Waals surface area contributed by atoms with Crippen molar-refractivity contribution >= 4 is 12.2 Å². The molecule has 0 fully saturated rings. The van der Waals surface area contributed by atoms with Crippen molar-refractivity contribution in [3.8, 4) is 16.9 Å². The molecule has 0 saturated carbocycles. The molecule has 0 unspecified atom stereocenters. The van der Waals surface area contributed by atoms with Gasteiger partial charge in [-0.3, -0.25) is 4.90 Å². The maximum absolute atomic E-state index is 12.9. The van der Waals surface area contributed by atoms with Crippen LogP contribution in [0.15, 0.2) is 66.7 Å². The van der Waals surface area contributed by atoms with E-state index in [2.05, 4.69) is 37.3 Å². The third kappa shape index (κ3) is 7.31. The average Bonchev–Trinajstić information content (AvgIpc) is 2.90. The summed E-state index contributed by atoms with van der Waals surface area (Å²) < 4.78 is 22.1. The summed E-state index contributed by atoms with van der Waals surface area (Å²) in [5.41, 5.74) is 6.71. The molecule has 39 heavy (non-hydrogen) atoms. The molecule has 0 bridgehead atoms. The Labute approximate surface area is 230 Å². The van der Waals surface area contributed by atoms with Crippen molar-refractivity contribution in [3.63, 3.8) is 0 Å². The van der Waals surface area contributed by atoms with Gasteiger partial charge in [0.05, 0.1) is 18.2 Å². The monoisotopic (exact) mass is 531 g/mol. The smallest absolute Gasteiger partial charge is 0.489 e. The van der Waals surface area contributed by atoms with Crippen molar-refractivity contribution in [3.05, 3.63) is 89.0 Å². The van der Waals surface area contributed by atoms with E-state index in [4.69, 9.17) is 18.9 Å². The lowest BCUT2D eigenvalue weighted by Gasteiger charge is -2.36. The Morgan fingerprint density at radius 3 is 2.36 bits per heavy atom. The fourth-order valence-corrected chi connectivity index (χ4v) is 4.67. The van der Waals surface area contributed by atoms with Gasteiger partial charge in [0.25, 0.3) is 0 Å². The first kappa shape index (κ1) is 28.0. The number of benzene rings is 3. The van der Waals surface area contributed by atoms with Gasteiger partial charge in [-0.2, -0.15) is 0 Å². The van der Waals surface area contributed by atoms with Crippen molar-refractivity contribution < 1.29 is 28.5 Å². The largest absolute Gasteiger partial charge is 0.508 e. The highest BCUT2D eigenvalue weighted by Crippen LogP contribution is 2.30. The maximum atomic E-state index is 12.9. The number of nitrogens with zero attached hydrogens (tertiary/aromatic N) is 1. The predicted molar refractivity (Wildman–Crippen MR) is 150 cm³/mol. The van der Waals surface area contributed by atoms with E-state index in [0.717, 1.165) is 22.4 Å². The first-order chi connectivity index (χ1) is 18.7. The van der Waals surface area contributed by atoms with E-state index in [-0.39, 0.29) is 24.9 Å². The Kier molecular flexibility index (Phi) is 9.12. The number of carbonyl (C=O) groups excluding carboxylic acids is 2. The summed E-state index contributed by atoms with van der Waals surface area (Å²) in [5, 5.41) is 0. The van der Waals surface area contributed by atoms with Gasteiger partial charge in [-0.1, -0.05) is 54.6 Å². The molecule has 1 aliphatic rings. The minimum atomic E-state index is -0.747. The molecule has 0 spiro atoms. The number of rotatable bonds is 8. The molecular formula is C32H37NO6. The van der Waals surface area contributed by atoms with Crippen LogP contribution < -0.4 is 4.74 Å². The fraction of sp³-hybridized carbons (Fsp3) is 0.375. The quantitative estimate of drug-likeness (QED) is 0.289. The molecule has 0 aliphatic carbocycles. The standard InChI is InChI=1S/C32H37NO6/c1-21(2)38-31(34)33-18-27-17-29(15-14-25(27)16-28(33)20-37-32(35)39-22(3)4)36-19-26-12-9-13-30(23(26)5)24-10-7-6-8-11-24/h6-15,17,21-22,28H,16,18-20H2,1-5H3/t28-/m0/s1. The zero-order chi connectivity index (χ0) is 27.9. The van der Waals surface area contributed by atoms with Crippen LogP contribution >= 0.6 is 0 Å². The molecule has 3 aromatic rings. The van der Waals surface area contributed by atoms with Crippen molar-refractivity contribution in [2.45, 2.75) is 72.4 Å². The number of amides is 1. The zero-order valence-electron chi connectivity index (χ0n) is 23.3. The summed E-state index contributed by atoms with van der Waals surface area (Å²) in [4.78, 5) is 26.5. The van der Waals surface area contributed by atoms with Crippen LogP contribution in [0.4, 0.5) is 9.59 Å². The summed E-state index contributed by atoms with van der Waals surface area (Å²) >= 11 is 0. The highest BCUT2D eigenvalue weighted by molar-refractivity contribution is 5.69. The molecule has 1 amide bonds. The summed E-state index contributed by atoms with van der Waals surface area (Å²) in [6.07, 6.45) is -1.22. The second-order valence-corrected chi connectivity index (χ2v) is 10.3. The van der Waals surface area contributed by atoms with Crippen LogP contribution in [0, 0.1) is 6.92 Å². The molecule has 0 radical (unpaired) electrons. The van der Waals surface area contributed by atoms with Crippen molar-refractivity contribution in [1.29, 1.82) is 0 Å². The molecule has 206 valence electrons. The Morgan fingerprint density at radius 2 is 1.64 bits per heavy atom. The van der Waals surface area contributed by atoms with Gasteiger partial charge in [-0.25, -0.2) is 9.59 Å². The van der Waals surface area contributed by atoms with Crippen molar-refractivity contribution in [2.24, 2.45) is 0 Å². The van der Waals surface area contributed by atoms with E-state index in [0.29, 0.717) is 19.6 Å². The lowest BCUT2D eigenvalue weighted by Crippen LogP contribution is -2.47. The Bertz CT molecular complexity index is 1290. The first-order valence-electron chi connectivity index (χ1n) is 13.4. The molecule has 4 rings (SSSR count). The van der Waals surface area contributed by atoms with E-state index in [1.54, 1.807) is 18.7 Å². The average molecular weight is 532 g/mol. The molecular weight excluding hydrogens is 494 g/mol. The summed E-state index contributed by atoms with van der Waals surface area (Å²) in [6.45, 7) is 10.0. The highest BCUT2D eigenvalue weighted by atomic mass is 16.7. The van der Waals surface area contributed by atoms with Crippen LogP contribution in [0.2, 0.25) is 0 Å². The molecule has 1 heterocycles. The van der Waals surface area contributed by atoms with Crippen LogP contribution in [0.25, 0.3) is 11.1 Å². The second-order valence-electron chi connectivity index (χ2n) is 10.3. The molecule has 1 aliphatic heterocycles. The molecule has 0 aromatic heterocycles. The zero-order valence-corrected chi connectivity index (χ0v) is 23.3. The summed E-state index contributed by atoms with van der Waals surface area (Å²) in [5.74, 6) is 0.727. The highest BCUT2D eigenvalue weighted by Gasteiger charge is 2.33. The topological polar surface area (TPSA) is 74.3 Å². The van der Waals surface area contributed by atoms with Crippen LogP contribution in [0.3, 0.4) is 0 Å². The van der Waals surface area contributed by atoms with Gasteiger partial charge in [0.1, 0.15) is 19.0 Å². The molecule has 1 atom stereocenters. The number of fused-ring (bicyclic) bond motifs is 1. The number of ether oxygens (including phenoxy) is 4. The minimum Gasteiger partial charge on any atom is -0.489 e. The van der Waals surface area contributed by atoms with E-state index in [1.165, 1.54) is 16.7 Å². The van der Waals surface area contributed by atoms with Crippen molar-refractivity contribution in [2.75, 3.05) is 6.61 Å². The van der Waals surface area contributed by atoms with E-state index < -0.39 is 12.2 Å². The van der Waals surface area contributed by atoms with Gasteiger partial charge in [-0.15, -0.1) is 0 Å². The fourth-order valence-electron chi connectivity index (χ4n) is 4.67. The third-order valence-corrected chi connectivity index (χ3v) is 6.64. The Morgan fingerprint density at radius 1 is 0.897 bits per heavy atom. The van der Waals surface area contributed by atoms with Crippen LogP contribution in [0.5, 0.6) is 5.75 Å². The van der Waals surface area contributed by atoms with E-state index in [1.807, 2.05) is 50.2 Å². The van der Waals surface area contributed by atoms with Crippen LogP contribution in [-0.2, 0) is 33.8 Å². The molecule has 0 N–H and O–H groups in total. The van der Waals surface area contributed by atoms with E-state index >= 15 is 0 Å². The van der Waals surface area contributed by atoms with Crippen molar-refractivity contribution in [1.82, 2.24) is 4.90 Å². The Balaban J connectivity index is 1.48. The lowest BCUT2D eigenvalue weighted by molar-refractivity contribution is 0.00559. The molecule has 3 aromatic carbocycles. The van der Waals surface area contributed by atoms with Crippen LogP contribution in [0.1, 0.15) is 49.9 Å².